The number of aromatic nitrogens is 1. The minimum atomic E-state index is -4.74. The Morgan fingerprint density at radius 1 is 0.981 bits per heavy atom. The molecular formula is C37H44N6O8S. The molecule has 0 spiro atoms. The molecule has 4 heterocycles. The summed E-state index contributed by atoms with van der Waals surface area (Å²) in [5.74, 6) is -0.854. The van der Waals surface area contributed by atoms with Crippen LogP contribution in [0.25, 0.3) is 0 Å². The van der Waals surface area contributed by atoms with Gasteiger partial charge in [-0.3, -0.25) is 9.69 Å². The predicted octanol–water partition coefficient (Wildman–Crippen LogP) is 3.98. The average Bonchev–Trinajstić information content (AvgIpc) is 3.42. The third-order valence-electron chi connectivity index (χ3n) is 9.96. The molecule has 3 aliphatic rings. The van der Waals surface area contributed by atoms with E-state index in [1.54, 1.807) is 17.9 Å². The number of fused-ring (bicyclic) bond motifs is 1. The van der Waals surface area contributed by atoms with Crippen LogP contribution in [0.2, 0.25) is 0 Å². The Morgan fingerprint density at radius 2 is 1.73 bits per heavy atom. The Labute approximate surface area is 304 Å². The van der Waals surface area contributed by atoms with E-state index in [-0.39, 0.29) is 45.5 Å². The highest BCUT2D eigenvalue weighted by atomic mass is 32.2. The Hall–Kier alpha value is -4.91. The molecule has 0 N–H and O–H groups in total. The molecule has 1 unspecified atom stereocenters. The summed E-state index contributed by atoms with van der Waals surface area (Å²) >= 11 is 0. The van der Waals surface area contributed by atoms with Crippen molar-refractivity contribution in [1.29, 1.82) is 5.26 Å². The molecule has 52 heavy (non-hydrogen) atoms. The molecule has 2 aromatic carbocycles. The number of nitrogens with zero attached hydrogens (tertiary/aromatic N) is 6. The van der Waals surface area contributed by atoms with E-state index in [1.165, 1.54) is 62.9 Å². The number of ether oxygens (including phenoxy) is 4. The van der Waals surface area contributed by atoms with Gasteiger partial charge in [0.2, 0.25) is 5.88 Å². The minimum Gasteiger partial charge on any atom is -0.497 e. The summed E-state index contributed by atoms with van der Waals surface area (Å²) < 4.78 is 52.7. The molecule has 0 bridgehead atoms. The van der Waals surface area contributed by atoms with E-state index < -0.39 is 27.6 Å². The molecule has 276 valence electrons. The quantitative estimate of drug-likeness (QED) is 0.280. The van der Waals surface area contributed by atoms with Crippen LogP contribution in [0.5, 0.6) is 17.4 Å². The standard InChI is InChI=1S/C37H44N6O8S/c1-5-16-40-19-21-41(22-20-40)27-13-17-42(18-14-27)36(45)51-37(29-8-7-15-39-34(29)50-6-2)30-23-26(25-38)9-11-31(30)43(35(37)44)52(46,47)33-12-10-28(48-3)24-32(33)49-4/h7-12,15,23-24,27H,5-6,13-14,16-22H2,1-4H3. The van der Waals surface area contributed by atoms with Gasteiger partial charge in [-0.1, -0.05) is 6.92 Å². The van der Waals surface area contributed by atoms with Crippen molar-refractivity contribution in [3.05, 3.63) is 71.4 Å². The molecule has 1 atom stereocenters. The number of benzene rings is 2. The fourth-order valence-corrected chi connectivity index (χ4v) is 8.96. The molecule has 14 nitrogen and oxygen atoms in total. The molecule has 0 aliphatic carbocycles. The molecule has 6 rings (SSSR count). The van der Waals surface area contributed by atoms with Crippen molar-refractivity contribution in [3.8, 4) is 23.4 Å². The number of carbonyl (C=O) groups is 2. The van der Waals surface area contributed by atoms with Gasteiger partial charge in [0.05, 0.1) is 43.7 Å². The summed E-state index contributed by atoms with van der Waals surface area (Å²) in [5.41, 5.74) is -2.37. The summed E-state index contributed by atoms with van der Waals surface area (Å²) in [7, 11) is -2.00. The van der Waals surface area contributed by atoms with E-state index >= 15 is 4.79 Å². The van der Waals surface area contributed by atoms with Crippen LogP contribution < -0.4 is 18.5 Å². The van der Waals surface area contributed by atoms with Crippen LogP contribution in [0.1, 0.15) is 49.8 Å². The number of hydrogen-bond acceptors (Lipinski definition) is 12. The van der Waals surface area contributed by atoms with Gasteiger partial charge in [-0.2, -0.15) is 9.57 Å². The Bertz CT molecular complexity index is 1950. The number of rotatable bonds is 11. The summed E-state index contributed by atoms with van der Waals surface area (Å²) in [6.07, 6.45) is 3.21. The number of likely N-dealkylation sites (tertiary alicyclic amines) is 1. The van der Waals surface area contributed by atoms with E-state index in [4.69, 9.17) is 18.9 Å². The van der Waals surface area contributed by atoms with Crippen LogP contribution in [-0.4, -0.2) is 113 Å². The lowest BCUT2D eigenvalue weighted by atomic mass is 9.87. The first-order valence-electron chi connectivity index (χ1n) is 17.5. The highest BCUT2D eigenvalue weighted by Gasteiger charge is 2.61. The van der Waals surface area contributed by atoms with Gasteiger partial charge in [0, 0.05) is 63.1 Å². The van der Waals surface area contributed by atoms with Gasteiger partial charge in [0.1, 0.15) is 16.4 Å². The second kappa shape index (κ2) is 15.4. The minimum absolute atomic E-state index is 0.0188. The summed E-state index contributed by atoms with van der Waals surface area (Å²) in [6, 6.07) is 13.7. The largest absolute Gasteiger partial charge is 0.497 e. The van der Waals surface area contributed by atoms with Crippen molar-refractivity contribution < 1.29 is 37.0 Å². The van der Waals surface area contributed by atoms with Crippen LogP contribution in [0.3, 0.4) is 0 Å². The number of sulfonamides is 1. The molecule has 0 radical (unpaired) electrons. The number of piperazine rings is 1. The lowest BCUT2D eigenvalue weighted by Gasteiger charge is -2.43. The van der Waals surface area contributed by atoms with Crippen molar-refractivity contribution in [1.82, 2.24) is 19.7 Å². The predicted molar refractivity (Wildman–Crippen MR) is 191 cm³/mol. The second-order valence-corrected chi connectivity index (χ2v) is 14.6. The molecule has 2 amide bonds. The topological polar surface area (TPSA) is 155 Å². The van der Waals surface area contributed by atoms with E-state index in [0.717, 1.165) is 39.1 Å². The van der Waals surface area contributed by atoms with Gasteiger partial charge < -0.3 is 28.7 Å². The first-order valence-corrected chi connectivity index (χ1v) is 19.0. The summed E-state index contributed by atoms with van der Waals surface area (Å²) in [4.78, 5) is 40.0. The number of methoxy groups -OCH3 is 2. The number of anilines is 1. The SMILES string of the molecule is CCCN1CCN(C2CCN(C(=O)OC3(c4cccnc4OCC)C(=O)N(S(=O)(=O)c4ccc(OC)cc4OC)c4ccc(C#N)cc43)CC2)CC1. The van der Waals surface area contributed by atoms with Crippen molar-refractivity contribution in [2.45, 2.75) is 49.6 Å². The molecule has 0 saturated carbocycles. The summed E-state index contributed by atoms with van der Waals surface area (Å²) in [6.45, 7) is 9.88. The number of carbonyl (C=O) groups excluding carboxylic acids is 2. The third-order valence-corrected chi connectivity index (χ3v) is 11.7. The zero-order valence-electron chi connectivity index (χ0n) is 29.9. The maximum absolute atomic E-state index is 15.1. The number of piperidine rings is 1. The van der Waals surface area contributed by atoms with Gasteiger partial charge in [-0.05, 0) is 75.2 Å². The highest BCUT2D eigenvalue weighted by Crippen LogP contribution is 2.52. The van der Waals surface area contributed by atoms with E-state index in [2.05, 4.69) is 27.8 Å². The first-order chi connectivity index (χ1) is 25.1. The van der Waals surface area contributed by atoms with Crippen LogP contribution >= 0.6 is 0 Å². The molecule has 2 fully saturated rings. The van der Waals surface area contributed by atoms with Crippen molar-refractivity contribution in [3.63, 3.8) is 0 Å². The summed E-state index contributed by atoms with van der Waals surface area (Å²) in [5, 5.41) is 9.94. The van der Waals surface area contributed by atoms with Crippen molar-refractivity contribution >= 4 is 27.7 Å². The number of hydrogen-bond donors (Lipinski definition) is 0. The number of nitriles is 1. The molecule has 2 saturated heterocycles. The van der Waals surface area contributed by atoms with E-state index in [9.17, 15) is 18.5 Å². The lowest BCUT2D eigenvalue weighted by Crippen LogP contribution is -2.54. The molecule has 1 aromatic heterocycles. The van der Waals surface area contributed by atoms with Crippen molar-refractivity contribution in [2.24, 2.45) is 0 Å². The molecule has 15 heteroatoms. The maximum atomic E-state index is 15.1. The van der Waals surface area contributed by atoms with Gasteiger partial charge in [-0.25, -0.2) is 18.2 Å². The van der Waals surface area contributed by atoms with Gasteiger partial charge >= 0.3 is 6.09 Å². The number of pyridine rings is 1. The average molecular weight is 733 g/mol. The maximum Gasteiger partial charge on any atom is 0.411 e. The Kier molecular flexibility index (Phi) is 10.9. The zero-order chi connectivity index (χ0) is 37.0. The molecule has 3 aliphatic heterocycles. The first kappa shape index (κ1) is 36.9. The van der Waals surface area contributed by atoms with Gasteiger partial charge in [0.15, 0.2) is 0 Å². The van der Waals surface area contributed by atoms with Crippen LogP contribution in [0, 0.1) is 11.3 Å². The second-order valence-electron chi connectivity index (χ2n) is 12.9. The molecular weight excluding hydrogens is 689 g/mol. The monoisotopic (exact) mass is 732 g/mol. The highest BCUT2D eigenvalue weighted by molar-refractivity contribution is 7.93. The van der Waals surface area contributed by atoms with E-state index in [0.29, 0.717) is 42.0 Å². The number of amides is 2. The van der Waals surface area contributed by atoms with Gasteiger partial charge in [0.25, 0.3) is 21.5 Å². The smallest absolute Gasteiger partial charge is 0.411 e. The zero-order valence-corrected chi connectivity index (χ0v) is 30.7. The normalized spacial score (nSPS) is 19.9. The Morgan fingerprint density at radius 3 is 2.38 bits per heavy atom. The fraction of sp³-hybridized carbons (Fsp3) is 0.459. The lowest BCUT2D eigenvalue weighted by molar-refractivity contribution is -0.132. The van der Waals surface area contributed by atoms with Crippen LogP contribution in [-0.2, 0) is 25.2 Å². The van der Waals surface area contributed by atoms with Crippen LogP contribution in [0.15, 0.2) is 59.6 Å². The van der Waals surface area contributed by atoms with Crippen molar-refractivity contribution in [2.75, 3.05) is 70.9 Å². The fourth-order valence-electron chi connectivity index (χ4n) is 7.36. The van der Waals surface area contributed by atoms with Crippen LogP contribution in [0.4, 0.5) is 10.5 Å². The third kappa shape index (κ3) is 6.62. The van der Waals surface area contributed by atoms with Gasteiger partial charge in [-0.15, -0.1) is 0 Å². The molecule has 3 aromatic rings. The van der Waals surface area contributed by atoms with E-state index in [1.807, 2.05) is 0 Å². The Balaban J connectivity index is 1.40.